The first-order valence-electron chi connectivity index (χ1n) is 8.24. The highest BCUT2D eigenvalue weighted by molar-refractivity contribution is 5.97. The van der Waals surface area contributed by atoms with Crippen LogP contribution < -0.4 is 0 Å². The standard InChI is InChI=1S/C16H26O7/c1-2-3-4-5-6-7-8-9-10-11-14(19)23-12(13(17)18)16(11,22)15(20)21/h11-12,22H,2-10H2,1H3,(H,17,18)(H,20,21)/t11-,12-,16+/m1/s1. The number of carbonyl (C=O) groups is 3. The lowest BCUT2D eigenvalue weighted by atomic mass is 9.82. The molecule has 23 heavy (non-hydrogen) atoms. The van der Waals surface area contributed by atoms with Crippen molar-refractivity contribution in [3.63, 3.8) is 0 Å². The second kappa shape index (κ2) is 8.86. The zero-order valence-electron chi connectivity index (χ0n) is 13.5. The molecule has 132 valence electrons. The van der Waals surface area contributed by atoms with Gasteiger partial charge in [-0.05, 0) is 6.42 Å². The lowest BCUT2D eigenvalue weighted by Crippen LogP contribution is -2.54. The van der Waals surface area contributed by atoms with Gasteiger partial charge in [0.25, 0.3) is 0 Å². The van der Waals surface area contributed by atoms with E-state index in [0.717, 1.165) is 25.7 Å². The van der Waals surface area contributed by atoms with Gasteiger partial charge in [-0.1, -0.05) is 58.3 Å². The van der Waals surface area contributed by atoms with Crippen LogP contribution in [0.5, 0.6) is 0 Å². The molecule has 1 aliphatic heterocycles. The van der Waals surface area contributed by atoms with E-state index in [0.29, 0.717) is 6.42 Å². The van der Waals surface area contributed by atoms with Crippen molar-refractivity contribution in [1.82, 2.24) is 0 Å². The van der Waals surface area contributed by atoms with Crippen molar-refractivity contribution in [3.8, 4) is 0 Å². The van der Waals surface area contributed by atoms with E-state index < -0.39 is 35.5 Å². The molecule has 1 saturated heterocycles. The molecule has 0 bridgehead atoms. The number of cyclic esters (lactones) is 1. The van der Waals surface area contributed by atoms with Crippen LogP contribution in [0.2, 0.25) is 0 Å². The number of unbranched alkanes of at least 4 members (excludes halogenated alkanes) is 7. The highest BCUT2D eigenvalue weighted by atomic mass is 16.6. The van der Waals surface area contributed by atoms with Crippen molar-refractivity contribution >= 4 is 17.9 Å². The Balaban J connectivity index is 2.46. The highest BCUT2D eigenvalue weighted by Gasteiger charge is 2.64. The summed E-state index contributed by atoms with van der Waals surface area (Å²) in [6, 6.07) is 0. The van der Waals surface area contributed by atoms with E-state index in [1.807, 2.05) is 0 Å². The average Bonchev–Trinajstić information content (AvgIpc) is 2.75. The first-order chi connectivity index (χ1) is 10.9. The van der Waals surface area contributed by atoms with Crippen LogP contribution in [0.15, 0.2) is 0 Å². The Morgan fingerprint density at radius 2 is 1.57 bits per heavy atom. The maximum absolute atomic E-state index is 11.7. The monoisotopic (exact) mass is 330 g/mol. The van der Waals surface area contributed by atoms with Gasteiger partial charge in [0.05, 0.1) is 0 Å². The summed E-state index contributed by atoms with van der Waals surface area (Å²) in [5.41, 5.74) is -2.69. The molecule has 1 fully saturated rings. The number of carboxylic acid groups (broad SMARTS) is 2. The van der Waals surface area contributed by atoms with Crippen molar-refractivity contribution in [1.29, 1.82) is 0 Å². The van der Waals surface area contributed by atoms with E-state index in [4.69, 9.17) is 10.2 Å². The van der Waals surface area contributed by atoms with Crippen molar-refractivity contribution in [2.45, 2.75) is 76.4 Å². The molecule has 0 amide bonds. The molecule has 7 heteroatoms. The van der Waals surface area contributed by atoms with Crippen LogP contribution in [0.25, 0.3) is 0 Å². The Hall–Kier alpha value is -1.63. The summed E-state index contributed by atoms with van der Waals surface area (Å²) < 4.78 is 4.57. The van der Waals surface area contributed by atoms with E-state index in [1.165, 1.54) is 19.3 Å². The fourth-order valence-electron chi connectivity index (χ4n) is 2.97. The predicted octanol–water partition coefficient (Wildman–Crippen LogP) is 1.96. The SMILES string of the molecule is CCCCCCCCCC[C@@H]1C(=O)O[C@H](C(=O)O)[C@]1(O)C(=O)O. The molecule has 1 aliphatic rings. The number of aliphatic hydroxyl groups is 1. The van der Waals surface area contributed by atoms with Gasteiger partial charge in [0.2, 0.25) is 11.7 Å². The summed E-state index contributed by atoms with van der Waals surface area (Å²) in [5.74, 6) is -5.67. The van der Waals surface area contributed by atoms with Gasteiger partial charge in [0, 0.05) is 0 Å². The molecular formula is C16H26O7. The zero-order valence-corrected chi connectivity index (χ0v) is 13.5. The molecular weight excluding hydrogens is 304 g/mol. The number of esters is 1. The fraction of sp³-hybridized carbons (Fsp3) is 0.812. The Morgan fingerprint density at radius 3 is 2.04 bits per heavy atom. The summed E-state index contributed by atoms with van der Waals surface area (Å²) in [6.45, 7) is 2.15. The Morgan fingerprint density at radius 1 is 1.04 bits per heavy atom. The van der Waals surface area contributed by atoms with Crippen LogP contribution in [-0.2, 0) is 19.1 Å². The molecule has 0 aromatic heterocycles. The Kier molecular flexibility index (Phi) is 7.48. The summed E-state index contributed by atoms with van der Waals surface area (Å²) in [4.78, 5) is 34.0. The van der Waals surface area contributed by atoms with Crippen LogP contribution in [0.1, 0.15) is 64.7 Å². The zero-order chi connectivity index (χ0) is 17.5. The number of rotatable bonds is 11. The van der Waals surface area contributed by atoms with E-state index in [-0.39, 0.29) is 6.42 Å². The minimum Gasteiger partial charge on any atom is -0.479 e. The van der Waals surface area contributed by atoms with Crippen LogP contribution >= 0.6 is 0 Å². The number of hydrogen-bond acceptors (Lipinski definition) is 5. The molecule has 0 unspecified atom stereocenters. The van der Waals surface area contributed by atoms with Crippen molar-refractivity contribution < 1.29 is 34.4 Å². The maximum Gasteiger partial charge on any atom is 0.348 e. The molecule has 7 nitrogen and oxygen atoms in total. The van der Waals surface area contributed by atoms with Gasteiger partial charge in [0.15, 0.2) is 0 Å². The minimum absolute atomic E-state index is 0.111. The molecule has 0 aliphatic carbocycles. The first kappa shape index (κ1) is 19.4. The molecule has 0 aromatic carbocycles. The molecule has 1 rings (SSSR count). The van der Waals surface area contributed by atoms with E-state index in [2.05, 4.69) is 11.7 Å². The number of hydrogen-bond donors (Lipinski definition) is 3. The van der Waals surface area contributed by atoms with Crippen molar-refractivity contribution in [2.75, 3.05) is 0 Å². The fourth-order valence-corrected chi connectivity index (χ4v) is 2.97. The summed E-state index contributed by atoms with van der Waals surface area (Å²) in [6.07, 6.45) is 6.23. The number of carbonyl (C=O) groups excluding carboxylic acids is 1. The van der Waals surface area contributed by atoms with Gasteiger partial charge in [-0.3, -0.25) is 4.79 Å². The van der Waals surface area contributed by atoms with Gasteiger partial charge in [-0.15, -0.1) is 0 Å². The number of aliphatic carboxylic acids is 2. The topological polar surface area (TPSA) is 121 Å². The Bertz CT molecular complexity index is 434. The Labute approximate surface area is 135 Å². The molecule has 0 saturated carbocycles. The van der Waals surface area contributed by atoms with Gasteiger partial charge in [-0.25, -0.2) is 9.59 Å². The minimum atomic E-state index is -2.69. The molecule has 0 spiro atoms. The quantitative estimate of drug-likeness (QED) is 0.391. The van der Waals surface area contributed by atoms with Crippen molar-refractivity contribution in [2.24, 2.45) is 5.92 Å². The van der Waals surface area contributed by atoms with Crippen molar-refractivity contribution in [3.05, 3.63) is 0 Å². The largest absolute Gasteiger partial charge is 0.479 e. The lowest BCUT2D eigenvalue weighted by Gasteiger charge is -2.24. The highest BCUT2D eigenvalue weighted by Crippen LogP contribution is 2.36. The van der Waals surface area contributed by atoms with E-state index in [1.54, 1.807) is 0 Å². The van der Waals surface area contributed by atoms with Crippen LogP contribution in [0.3, 0.4) is 0 Å². The van der Waals surface area contributed by atoms with Gasteiger partial charge >= 0.3 is 17.9 Å². The molecule has 0 radical (unpaired) electrons. The smallest absolute Gasteiger partial charge is 0.348 e. The summed E-state index contributed by atoms with van der Waals surface area (Å²) in [7, 11) is 0. The van der Waals surface area contributed by atoms with E-state index >= 15 is 0 Å². The average molecular weight is 330 g/mol. The van der Waals surface area contributed by atoms with Crippen LogP contribution in [-0.4, -0.2) is 44.9 Å². The van der Waals surface area contributed by atoms with Crippen LogP contribution in [0.4, 0.5) is 0 Å². The third-order valence-electron chi connectivity index (χ3n) is 4.36. The van der Waals surface area contributed by atoms with Gasteiger partial charge in [-0.2, -0.15) is 0 Å². The predicted molar refractivity (Wildman–Crippen MR) is 80.8 cm³/mol. The van der Waals surface area contributed by atoms with Crippen LogP contribution in [0, 0.1) is 5.92 Å². The van der Waals surface area contributed by atoms with E-state index in [9.17, 15) is 19.5 Å². The second-order valence-corrected chi connectivity index (χ2v) is 6.10. The number of ether oxygens (including phenoxy) is 1. The summed E-state index contributed by atoms with van der Waals surface area (Å²) >= 11 is 0. The van der Waals surface area contributed by atoms with Gasteiger partial charge in [0.1, 0.15) is 5.92 Å². The third-order valence-corrected chi connectivity index (χ3v) is 4.36. The second-order valence-electron chi connectivity index (χ2n) is 6.10. The molecule has 0 aromatic rings. The molecule has 3 N–H and O–H groups in total. The van der Waals surface area contributed by atoms with Gasteiger partial charge < -0.3 is 20.1 Å². The first-order valence-corrected chi connectivity index (χ1v) is 8.24. The summed E-state index contributed by atoms with van der Waals surface area (Å²) in [5, 5.41) is 28.3. The number of carboxylic acids is 2. The normalized spacial score (nSPS) is 27.0. The third kappa shape index (κ3) is 4.67. The lowest BCUT2D eigenvalue weighted by molar-refractivity contribution is -0.179. The maximum atomic E-state index is 11.7. The molecule has 3 atom stereocenters. The molecule has 1 heterocycles.